The first-order valence-corrected chi connectivity index (χ1v) is 5.14. The van der Waals surface area contributed by atoms with E-state index in [2.05, 4.69) is 4.98 Å². The average Bonchev–Trinajstić information content (AvgIpc) is 2.85. The zero-order valence-electron chi connectivity index (χ0n) is 9.62. The van der Waals surface area contributed by atoms with Gasteiger partial charge in [0.25, 0.3) is 0 Å². The maximum atomic E-state index is 10.6. The van der Waals surface area contributed by atoms with Crippen molar-refractivity contribution in [2.75, 3.05) is 7.11 Å². The van der Waals surface area contributed by atoms with Crippen molar-refractivity contribution in [2.24, 2.45) is 0 Å². The van der Waals surface area contributed by atoms with Gasteiger partial charge in [0.15, 0.2) is 18.1 Å². The zero-order chi connectivity index (χ0) is 13.0. The number of methoxy groups -OCH3 is 1. The van der Waals surface area contributed by atoms with Crippen molar-refractivity contribution in [2.45, 2.75) is 6.61 Å². The molecular weight excluding hydrogens is 238 g/mol. The molecule has 18 heavy (non-hydrogen) atoms. The van der Waals surface area contributed by atoms with Gasteiger partial charge in [0.05, 0.1) is 13.3 Å². The van der Waals surface area contributed by atoms with E-state index in [1.165, 1.54) is 7.11 Å². The molecule has 0 radical (unpaired) electrons. The molecule has 6 nitrogen and oxygen atoms in total. The zero-order valence-corrected chi connectivity index (χ0v) is 9.62. The van der Waals surface area contributed by atoms with Crippen molar-refractivity contribution >= 4 is 5.97 Å². The van der Waals surface area contributed by atoms with E-state index in [0.717, 1.165) is 6.20 Å². The van der Waals surface area contributed by atoms with Gasteiger partial charge in [-0.1, -0.05) is 12.1 Å². The molecule has 0 aliphatic carbocycles. The molecule has 1 N–H and O–H groups in total. The number of oxazole rings is 1. The highest BCUT2D eigenvalue weighted by Gasteiger charge is 2.11. The highest BCUT2D eigenvalue weighted by atomic mass is 16.5. The first kappa shape index (κ1) is 12.0. The van der Waals surface area contributed by atoms with Gasteiger partial charge >= 0.3 is 5.97 Å². The second-order valence-corrected chi connectivity index (χ2v) is 3.36. The number of aromatic carboxylic acids is 1. The van der Waals surface area contributed by atoms with Crippen LogP contribution in [-0.4, -0.2) is 23.2 Å². The summed E-state index contributed by atoms with van der Waals surface area (Å²) in [4.78, 5) is 14.4. The van der Waals surface area contributed by atoms with Crippen LogP contribution in [0, 0.1) is 0 Å². The molecule has 94 valence electrons. The Kier molecular flexibility index (Phi) is 3.47. The van der Waals surface area contributed by atoms with Gasteiger partial charge in [-0.25, -0.2) is 9.78 Å². The van der Waals surface area contributed by atoms with Crippen LogP contribution in [0.2, 0.25) is 0 Å². The summed E-state index contributed by atoms with van der Waals surface area (Å²) in [6, 6.07) is 7.11. The number of carbonyl (C=O) groups is 1. The summed E-state index contributed by atoms with van der Waals surface area (Å²) in [5.74, 6) is -0.0597. The maximum Gasteiger partial charge on any atom is 0.373 e. The van der Waals surface area contributed by atoms with E-state index < -0.39 is 5.97 Å². The molecule has 0 saturated heterocycles. The minimum atomic E-state index is -1.16. The fourth-order valence-corrected chi connectivity index (χ4v) is 1.35. The summed E-state index contributed by atoms with van der Waals surface area (Å²) in [6.07, 6.45) is 1.14. The van der Waals surface area contributed by atoms with E-state index in [-0.39, 0.29) is 18.3 Å². The first-order valence-electron chi connectivity index (χ1n) is 5.14. The van der Waals surface area contributed by atoms with Gasteiger partial charge in [-0.3, -0.25) is 0 Å². The highest BCUT2D eigenvalue weighted by molar-refractivity contribution is 5.83. The highest BCUT2D eigenvalue weighted by Crippen LogP contribution is 2.26. The summed E-state index contributed by atoms with van der Waals surface area (Å²) in [7, 11) is 1.54. The minimum Gasteiger partial charge on any atom is -0.493 e. The van der Waals surface area contributed by atoms with Crippen molar-refractivity contribution in [3.63, 3.8) is 0 Å². The summed E-state index contributed by atoms with van der Waals surface area (Å²) in [5, 5.41) is 8.67. The normalized spacial score (nSPS) is 10.1. The number of aromatic nitrogens is 1. The third kappa shape index (κ3) is 2.60. The number of carboxylic acid groups (broad SMARTS) is 1. The number of rotatable bonds is 5. The molecule has 0 unspecified atom stereocenters. The van der Waals surface area contributed by atoms with Crippen LogP contribution in [0.1, 0.15) is 16.4 Å². The Balaban J connectivity index is 2.04. The molecule has 1 heterocycles. The van der Waals surface area contributed by atoms with Crippen molar-refractivity contribution in [1.82, 2.24) is 4.98 Å². The van der Waals surface area contributed by atoms with Crippen molar-refractivity contribution in [3.05, 3.63) is 42.1 Å². The molecule has 0 atom stereocenters. The average molecular weight is 249 g/mol. The van der Waals surface area contributed by atoms with Crippen LogP contribution in [0.3, 0.4) is 0 Å². The Labute approximate surface area is 103 Å². The molecule has 2 rings (SSSR count). The van der Waals surface area contributed by atoms with Gasteiger partial charge in [0.2, 0.25) is 11.7 Å². The van der Waals surface area contributed by atoms with Crippen LogP contribution >= 0.6 is 0 Å². The molecule has 1 aromatic carbocycles. The largest absolute Gasteiger partial charge is 0.493 e. The lowest BCUT2D eigenvalue weighted by Crippen LogP contribution is -1.97. The molecule has 0 aliphatic rings. The summed E-state index contributed by atoms with van der Waals surface area (Å²) in [6.45, 7) is 0.0354. The summed E-state index contributed by atoms with van der Waals surface area (Å²) >= 11 is 0. The monoisotopic (exact) mass is 249 g/mol. The smallest absolute Gasteiger partial charge is 0.373 e. The fraction of sp³-hybridized carbons (Fsp3) is 0.167. The van der Waals surface area contributed by atoms with E-state index in [9.17, 15) is 4.79 Å². The molecule has 0 saturated carbocycles. The first-order chi connectivity index (χ1) is 8.70. The van der Waals surface area contributed by atoms with Gasteiger partial charge in [-0.05, 0) is 12.1 Å². The van der Waals surface area contributed by atoms with Gasteiger partial charge in [-0.15, -0.1) is 0 Å². The van der Waals surface area contributed by atoms with Crippen LogP contribution in [0.5, 0.6) is 11.5 Å². The quantitative estimate of drug-likeness (QED) is 0.872. The Morgan fingerprint density at radius 1 is 1.39 bits per heavy atom. The predicted octanol–water partition coefficient (Wildman–Crippen LogP) is 1.96. The second-order valence-electron chi connectivity index (χ2n) is 3.36. The Morgan fingerprint density at radius 3 is 2.72 bits per heavy atom. The molecule has 1 aromatic heterocycles. The van der Waals surface area contributed by atoms with Gasteiger partial charge in [0.1, 0.15) is 0 Å². The minimum absolute atomic E-state index is 0.0354. The van der Waals surface area contributed by atoms with Crippen LogP contribution in [0.25, 0.3) is 0 Å². The number of benzene rings is 1. The van der Waals surface area contributed by atoms with Gasteiger partial charge < -0.3 is 19.0 Å². The molecule has 0 fully saturated rings. The van der Waals surface area contributed by atoms with E-state index in [1.807, 2.05) is 6.07 Å². The van der Waals surface area contributed by atoms with E-state index >= 15 is 0 Å². The van der Waals surface area contributed by atoms with Crippen LogP contribution in [0.15, 0.2) is 34.9 Å². The molecule has 0 spiro atoms. The third-order valence-electron chi connectivity index (χ3n) is 2.18. The SMILES string of the molecule is COc1ccccc1OCc1ncc(C(=O)O)o1. The topological polar surface area (TPSA) is 81.8 Å². The number of carboxylic acids is 1. The standard InChI is InChI=1S/C12H11NO5/c1-16-8-4-2-3-5-9(8)17-7-11-13-6-10(18-11)12(14)15/h2-6H,7H2,1H3,(H,14,15). The maximum absolute atomic E-state index is 10.6. The van der Waals surface area contributed by atoms with E-state index in [1.54, 1.807) is 18.2 Å². The molecule has 2 aromatic rings. The lowest BCUT2D eigenvalue weighted by molar-refractivity contribution is 0.0658. The van der Waals surface area contributed by atoms with Gasteiger partial charge in [-0.2, -0.15) is 0 Å². The number of hydrogen-bond donors (Lipinski definition) is 1. The molecule has 0 amide bonds. The molecule has 0 bridgehead atoms. The van der Waals surface area contributed by atoms with Crippen LogP contribution < -0.4 is 9.47 Å². The van der Waals surface area contributed by atoms with Crippen molar-refractivity contribution < 1.29 is 23.8 Å². The van der Waals surface area contributed by atoms with Crippen LogP contribution in [0.4, 0.5) is 0 Å². The van der Waals surface area contributed by atoms with E-state index in [4.69, 9.17) is 19.0 Å². The third-order valence-corrected chi connectivity index (χ3v) is 2.18. The van der Waals surface area contributed by atoms with Crippen LogP contribution in [-0.2, 0) is 6.61 Å². The Hall–Kier alpha value is -2.50. The molecule has 0 aliphatic heterocycles. The van der Waals surface area contributed by atoms with Crippen molar-refractivity contribution in [3.8, 4) is 11.5 Å². The summed E-state index contributed by atoms with van der Waals surface area (Å²) in [5.41, 5.74) is 0. The Bertz CT molecular complexity index is 549. The van der Waals surface area contributed by atoms with E-state index in [0.29, 0.717) is 11.5 Å². The number of para-hydroxylation sites is 2. The van der Waals surface area contributed by atoms with Gasteiger partial charge in [0, 0.05) is 0 Å². The lowest BCUT2D eigenvalue weighted by Gasteiger charge is -2.08. The fourth-order valence-electron chi connectivity index (χ4n) is 1.35. The number of hydrogen-bond acceptors (Lipinski definition) is 5. The predicted molar refractivity (Wildman–Crippen MR) is 60.8 cm³/mol. The molecule has 6 heteroatoms. The lowest BCUT2D eigenvalue weighted by atomic mass is 10.3. The second kappa shape index (κ2) is 5.22. The number of nitrogens with zero attached hydrogens (tertiary/aromatic N) is 1. The Morgan fingerprint density at radius 2 is 2.11 bits per heavy atom. The van der Waals surface area contributed by atoms with Crippen molar-refractivity contribution in [1.29, 1.82) is 0 Å². The number of ether oxygens (including phenoxy) is 2. The summed E-state index contributed by atoms with van der Waals surface area (Å²) < 4.78 is 15.5. The molecular formula is C12H11NO5.